The Kier molecular flexibility index (Phi) is 7.23. The van der Waals surface area contributed by atoms with Crippen molar-refractivity contribution >= 4 is 19.7 Å². The lowest BCUT2D eigenvalue weighted by Gasteiger charge is -2.42. The van der Waals surface area contributed by atoms with E-state index in [1.165, 1.54) is 13.2 Å². The van der Waals surface area contributed by atoms with Gasteiger partial charge in [0.25, 0.3) is 0 Å². The smallest absolute Gasteiger partial charge is 0.178 e. The normalized spacial score (nSPS) is 25.6. The summed E-state index contributed by atoms with van der Waals surface area (Å²) in [5, 5.41) is -1.15. The zero-order valence-electron chi connectivity index (χ0n) is 18.4. The average molecular weight is 470 g/mol. The first-order chi connectivity index (χ1) is 14.6. The van der Waals surface area contributed by atoms with Crippen LogP contribution in [0.3, 0.4) is 0 Å². The highest BCUT2D eigenvalue weighted by atomic mass is 32.2. The van der Waals surface area contributed by atoms with Crippen LogP contribution in [0.1, 0.15) is 64.2 Å². The largest absolute Gasteiger partial charge is 0.497 e. The minimum absolute atomic E-state index is 0.178. The highest BCUT2D eigenvalue weighted by Gasteiger charge is 2.53. The number of methoxy groups -OCH3 is 1. The summed E-state index contributed by atoms with van der Waals surface area (Å²) in [6.45, 7) is 7.94. The molecule has 3 aliphatic rings. The predicted octanol–water partition coefficient (Wildman–Crippen LogP) is 3.92. The molecule has 3 rings (SSSR count). The molecule has 0 saturated heterocycles. The molecule has 0 heterocycles. The van der Waals surface area contributed by atoms with Gasteiger partial charge in [0.05, 0.1) is 32.8 Å². The average Bonchev–Trinajstić information content (AvgIpc) is 2.79. The van der Waals surface area contributed by atoms with Crippen molar-refractivity contribution in [1.82, 2.24) is 0 Å². The van der Waals surface area contributed by atoms with Crippen LogP contribution in [0.4, 0.5) is 0 Å². The third-order valence-corrected chi connectivity index (χ3v) is 11.9. The second kappa shape index (κ2) is 9.24. The summed E-state index contributed by atoms with van der Waals surface area (Å²) in [5.41, 5.74) is 4.79. The van der Waals surface area contributed by atoms with Crippen LogP contribution in [0.2, 0.25) is 0 Å². The molecule has 0 radical (unpaired) electrons. The van der Waals surface area contributed by atoms with Crippen molar-refractivity contribution in [3.05, 3.63) is 47.0 Å². The molecule has 0 bridgehead atoms. The van der Waals surface area contributed by atoms with E-state index in [2.05, 4.69) is 13.2 Å². The molecule has 0 spiro atoms. The number of nitrogens with two attached hydrogens (primary N) is 1. The molecule has 2 saturated carbocycles. The van der Waals surface area contributed by atoms with Gasteiger partial charge in [0, 0.05) is 6.04 Å². The van der Waals surface area contributed by atoms with Crippen LogP contribution in [0.5, 0.6) is 0 Å². The molecule has 8 heteroatoms. The predicted molar refractivity (Wildman–Crippen MR) is 125 cm³/mol. The molecular formula is C23H35NO5S2. The number of hydrogen-bond donors (Lipinski definition) is 1. The van der Waals surface area contributed by atoms with Crippen molar-refractivity contribution in [2.24, 2.45) is 11.1 Å². The van der Waals surface area contributed by atoms with Crippen LogP contribution in [-0.4, -0.2) is 40.5 Å². The molecule has 1 atom stereocenters. The van der Waals surface area contributed by atoms with Gasteiger partial charge in [-0.2, -0.15) is 0 Å². The number of sulfone groups is 2. The number of allylic oxidation sites excluding steroid dienone is 1. The summed E-state index contributed by atoms with van der Waals surface area (Å²) in [5.74, 6) is 0.349. The first-order valence-electron chi connectivity index (χ1n) is 11.2. The number of hydrogen-bond acceptors (Lipinski definition) is 6. The standard InChI is InChI=1S/C23H35NO5S2/c1-17(30(25,26)20-10-6-4-7-11-20)23(16-19(29-3)14-15-22(23)24)18(2)31(27,28)21-12-8-5-9-13-21/h14-16,20-22H,1-2,4-13,24H2,3H3. The molecule has 0 amide bonds. The zero-order chi connectivity index (χ0) is 22.9. The van der Waals surface area contributed by atoms with Gasteiger partial charge in [-0.05, 0) is 37.8 Å². The van der Waals surface area contributed by atoms with Gasteiger partial charge in [-0.1, -0.05) is 57.8 Å². The quantitative estimate of drug-likeness (QED) is 0.606. The molecule has 0 aromatic heterocycles. The van der Waals surface area contributed by atoms with E-state index < -0.39 is 41.6 Å². The second-order valence-electron chi connectivity index (χ2n) is 8.96. The van der Waals surface area contributed by atoms with Crippen LogP contribution in [0.15, 0.2) is 47.0 Å². The number of ether oxygens (including phenoxy) is 1. The zero-order valence-corrected chi connectivity index (χ0v) is 20.0. The Hall–Kier alpha value is -1.38. The van der Waals surface area contributed by atoms with Gasteiger partial charge >= 0.3 is 0 Å². The van der Waals surface area contributed by atoms with Crippen molar-refractivity contribution in [3.8, 4) is 0 Å². The topological polar surface area (TPSA) is 104 Å². The molecule has 3 aliphatic carbocycles. The number of rotatable bonds is 7. The van der Waals surface area contributed by atoms with Crippen LogP contribution in [0, 0.1) is 5.41 Å². The van der Waals surface area contributed by atoms with Gasteiger partial charge in [0.1, 0.15) is 5.76 Å². The van der Waals surface area contributed by atoms with Gasteiger partial charge < -0.3 is 10.5 Å². The van der Waals surface area contributed by atoms with Crippen LogP contribution in [-0.2, 0) is 24.4 Å². The van der Waals surface area contributed by atoms with E-state index in [9.17, 15) is 16.8 Å². The molecular weight excluding hydrogens is 434 g/mol. The molecule has 2 N–H and O–H groups in total. The fraction of sp³-hybridized carbons (Fsp3) is 0.652. The summed E-state index contributed by atoms with van der Waals surface area (Å²) in [4.78, 5) is -0.356. The maximum absolute atomic E-state index is 13.7. The van der Waals surface area contributed by atoms with Gasteiger partial charge in [-0.15, -0.1) is 0 Å². The molecule has 6 nitrogen and oxygen atoms in total. The monoisotopic (exact) mass is 469 g/mol. The van der Waals surface area contributed by atoms with Crippen molar-refractivity contribution in [2.45, 2.75) is 80.7 Å². The summed E-state index contributed by atoms with van der Waals surface area (Å²) in [7, 11) is -6.26. The maximum Gasteiger partial charge on any atom is 0.178 e. The lowest BCUT2D eigenvalue weighted by Crippen LogP contribution is -2.49. The Morgan fingerprint density at radius 2 is 1.32 bits per heavy atom. The Morgan fingerprint density at radius 1 is 0.903 bits per heavy atom. The minimum Gasteiger partial charge on any atom is -0.497 e. The van der Waals surface area contributed by atoms with Crippen molar-refractivity contribution < 1.29 is 21.6 Å². The van der Waals surface area contributed by atoms with Gasteiger partial charge in [0.15, 0.2) is 19.7 Å². The van der Waals surface area contributed by atoms with E-state index in [4.69, 9.17) is 10.5 Å². The van der Waals surface area contributed by atoms with Crippen molar-refractivity contribution in [2.75, 3.05) is 7.11 Å². The fourth-order valence-electron chi connectivity index (χ4n) is 5.16. The summed E-state index contributed by atoms with van der Waals surface area (Å²) in [6.07, 6.45) is 12.2. The highest BCUT2D eigenvalue weighted by Crippen LogP contribution is 2.50. The molecule has 0 aromatic rings. The second-order valence-corrected chi connectivity index (χ2v) is 13.5. The van der Waals surface area contributed by atoms with E-state index >= 15 is 0 Å². The van der Waals surface area contributed by atoms with Crippen LogP contribution in [0.25, 0.3) is 0 Å². The molecule has 2 fully saturated rings. The van der Waals surface area contributed by atoms with Gasteiger partial charge in [-0.25, -0.2) is 16.8 Å². The fourth-order valence-corrected chi connectivity index (χ4v) is 9.51. The van der Waals surface area contributed by atoms with Crippen LogP contribution < -0.4 is 5.73 Å². The highest BCUT2D eigenvalue weighted by molar-refractivity contribution is 7.97. The third-order valence-electron chi connectivity index (χ3n) is 7.19. The van der Waals surface area contributed by atoms with Crippen molar-refractivity contribution in [1.29, 1.82) is 0 Å². The first-order valence-corrected chi connectivity index (χ1v) is 14.2. The SMILES string of the molecule is C=C(C1(C(=C)S(=O)(=O)C2CCCCC2)C=C(OC)C=CC1N)S(=O)(=O)C1CCCCC1. The summed E-state index contributed by atoms with van der Waals surface area (Å²) < 4.78 is 60.0. The van der Waals surface area contributed by atoms with Crippen LogP contribution >= 0.6 is 0 Å². The van der Waals surface area contributed by atoms with Gasteiger partial charge in [0.2, 0.25) is 0 Å². The maximum atomic E-state index is 13.7. The van der Waals surface area contributed by atoms with Gasteiger partial charge in [-0.3, -0.25) is 0 Å². The lowest BCUT2D eigenvalue weighted by molar-refractivity contribution is 0.294. The van der Waals surface area contributed by atoms with E-state index in [1.54, 1.807) is 12.2 Å². The molecule has 174 valence electrons. The summed E-state index contributed by atoms with van der Waals surface area (Å²) in [6, 6.07) is -0.928. The lowest BCUT2D eigenvalue weighted by atomic mass is 9.77. The van der Waals surface area contributed by atoms with Crippen molar-refractivity contribution in [3.63, 3.8) is 0 Å². The Balaban J connectivity index is 2.12. The van der Waals surface area contributed by atoms with E-state index in [0.717, 1.165) is 38.5 Å². The van der Waals surface area contributed by atoms with E-state index in [-0.39, 0.29) is 9.81 Å². The molecule has 0 aromatic carbocycles. The third kappa shape index (κ3) is 4.31. The molecule has 31 heavy (non-hydrogen) atoms. The first kappa shape index (κ1) is 24.3. The van der Waals surface area contributed by atoms with E-state index in [0.29, 0.717) is 31.4 Å². The Labute approximate surface area is 187 Å². The molecule has 1 unspecified atom stereocenters. The summed E-state index contributed by atoms with van der Waals surface area (Å²) >= 11 is 0. The van der Waals surface area contributed by atoms with E-state index in [1.807, 2.05) is 0 Å². The minimum atomic E-state index is -3.85. The Morgan fingerprint density at radius 3 is 1.71 bits per heavy atom. The Bertz CT molecular complexity index is 919. The molecule has 0 aliphatic heterocycles.